The van der Waals surface area contributed by atoms with Gasteiger partial charge in [0.25, 0.3) is 0 Å². The van der Waals surface area contributed by atoms with Gasteiger partial charge in [0.15, 0.2) is 0 Å². The number of hydrogen-bond acceptors (Lipinski definition) is 5. The van der Waals surface area contributed by atoms with Gasteiger partial charge in [-0.15, -0.1) is 11.3 Å². The van der Waals surface area contributed by atoms with E-state index in [0.29, 0.717) is 6.10 Å². The lowest BCUT2D eigenvalue weighted by molar-refractivity contribution is 0.110. The Labute approximate surface area is 123 Å². The number of thiazole rings is 1. The van der Waals surface area contributed by atoms with E-state index in [4.69, 9.17) is 4.74 Å². The quantitative estimate of drug-likeness (QED) is 0.919. The Balaban J connectivity index is 1.56. The molecule has 3 heterocycles. The van der Waals surface area contributed by atoms with Crippen LogP contribution in [0.5, 0.6) is 0 Å². The van der Waals surface area contributed by atoms with Gasteiger partial charge in [-0.05, 0) is 31.9 Å². The highest BCUT2D eigenvalue weighted by atomic mass is 32.1. The van der Waals surface area contributed by atoms with Gasteiger partial charge in [-0.2, -0.15) is 0 Å². The SMILES string of the molecule is Cc1cccc(-c2cnc(CNCC3CCCO3)s2)n1. The number of aromatic nitrogens is 2. The van der Waals surface area contributed by atoms with Crippen molar-refractivity contribution in [2.75, 3.05) is 13.2 Å². The van der Waals surface area contributed by atoms with Gasteiger partial charge in [0, 0.05) is 31.6 Å². The third kappa shape index (κ3) is 3.42. The zero-order chi connectivity index (χ0) is 13.8. The molecule has 0 amide bonds. The Kier molecular flexibility index (Phi) is 4.40. The molecule has 0 bridgehead atoms. The van der Waals surface area contributed by atoms with Crippen LogP contribution in [-0.4, -0.2) is 29.2 Å². The van der Waals surface area contributed by atoms with Crippen LogP contribution in [-0.2, 0) is 11.3 Å². The molecule has 5 heteroatoms. The largest absolute Gasteiger partial charge is 0.377 e. The maximum absolute atomic E-state index is 5.59. The Morgan fingerprint density at radius 2 is 2.40 bits per heavy atom. The number of nitrogens with one attached hydrogen (secondary N) is 1. The molecule has 3 rings (SSSR count). The summed E-state index contributed by atoms with van der Waals surface area (Å²) in [4.78, 5) is 10.1. The highest BCUT2D eigenvalue weighted by Crippen LogP contribution is 2.24. The molecule has 1 aliphatic heterocycles. The van der Waals surface area contributed by atoms with Crippen LogP contribution in [0.25, 0.3) is 10.6 Å². The summed E-state index contributed by atoms with van der Waals surface area (Å²) in [5.74, 6) is 0. The van der Waals surface area contributed by atoms with E-state index in [-0.39, 0.29) is 0 Å². The molecule has 2 aromatic heterocycles. The van der Waals surface area contributed by atoms with Gasteiger partial charge in [-0.25, -0.2) is 4.98 Å². The fourth-order valence-corrected chi connectivity index (χ4v) is 3.19. The average Bonchev–Trinajstić information content (AvgIpc) is 3.10. The second-order valence-corrected chi connectivity index (χ2v) is 6.16. The zero-order valence-electron chi connectivity index (χ0n) is 11.6. The van der Waals surface area contributed by atoms with Crippen molar-refractivity contribution in [3.63, 3.8) is 0 Å². The highest BCUT2D eigenvalue weighted by Gasteiger charge is 2.14. The first kappa shape index (κ1) is 13.7. The third-order valence-corrected chi connectivity index (χ3v) is 4.39. The summed E-state index contributed by atoms with van der Waals surface area (Å²) in [6.45, 7) is 4.63. The summed E-state index contributed by atoms with van der Waals surface area (Å²) in [5, 5.41) is 4.52. The van der Waals surface area contributed by atoms with Gasteiger partial charge < -0.3 is 10.1 Å². The summed E-state index contributed by atoms with van der Waals surface area (Å²) in [7, 11) is 0. The molecule has 1 unspecified atom stereocenters. The summed E-state index contributed by atoms with van der Waals surface area (Å²) in [6.07, 6.45) is 4.65. The van der Waals surface area contributed by atoms with E-state index in [1.165, 1.54) is 12.8 Å². The Morgan fingerprint density at radius 1 is 1.45 bits per heavy atom. The summed E-state index contributed by atoms with van der Waals surface area (Å²) < 4.78 is 5.59. The highest BCUT2D eigenvalue weighted by molar-refractivity contribution is 7.15. The molecule has 1 fully saturated rings. The van der Waals surface area contributed by atoms with Crippen molar-refractivity contribution in [1.29, 1.82) is 0 Å². The van der Waals surface area contributed by atoms with Crippen molar-refractivity contribution in [3.05, 3.63) is 35.1 Å². The van der Waals surface area contributed by atoms with Crippen LogP contribution in [0.4, 0.5) is 0 Å². The average molecular weight is 289 g/mol. The number of rotatable bonds is 5. The molecule has 106 valence electrons. The van der Waals surface area contributed by atoms with E-state index < -0.39 is 0 Å². The monoisotopic (exact) mass is 289 g/mol. The molecule has 1 N–H and O–H groups in total. The first-order chi connectivity index (χ1) is 9.81. The molecule has 1 saturated heterocycles. The molecule has 0 aliphatic carbocycles. The van der Waals surface area contributed by atoms with Crippen molar-refractivity contribution in [3.8, 4) is 10.6 Å². The molecular weight excluding hydrogens is 270 g/mol. The van der Waals surface area contributed by atoms with Crippen LogP contribution in [0.2, 0.25) is 0 Å². The zero-order valence-corrected chi connectivity index (χ0v) is 12.4. The van der Waals surface area contributed by atoms with Crippen LogP contribution < -0.4 is 5.32 Å². The molecule has 0 spiro atoms. The minimum atomic E-state index is 0.382. The van der Waals surface area contributed by atoms with Gasteiger partial charge in [-0.3, -0.25) is 4.98 Å². The van der Waals surface area contributed by atoms with Gasteiger partial charge >= 0.3 is 0 Å². The molecule has 1 atom stereocenters. The predicted molar refractivity (Wildman–Crippen MR) is 80.8 cm³/mol. The Hall–Kier alpha value is -1.30. The molecular formula is C15H19N3OS. The fourth-order valence-electron chi connectivity index (χ4n) is 2.34. The molecule has 0 saturated carbocycles. The third-order valence-electron chi connectivity index (χ3n) is 3.37. The molecule has 2 aromatic rings. The fraction of sp³-hybridized carbons (Fsp3) is 0.467. The van der Waals surface area contributed by atoms with Crippen LogP contribution in [0.1, 0.15) is 23.5 Å². The van der Waals surface area contributed by atoms with Gasteiger partial charge in [-0.1, -0.05) is 6.07 Å². The lowest BCUT2D eigenvalue weighted by atomic mass is 10.2. The van der Waals surface area contributed by atoms with Crippen LogP contribution in [0, 0.1) is 6.92 Å². The van der Waals surface area contributed by atoms with Crippen molar-refractivity contribution >= 4 is 11.3 Å². The van der Waals surface area contributed by atoms with Crippen LogP contribution in [0.3, 0.4) is 0 Å². The topological polar surface area (TPSA) is 47.0 Å². The summed E-state index contributed by atoms with van der Waals surface area (Å²) in [5.41, 5.74) is 2.04. The number of nitrogens with zero attached hydrogens (tertiary/aromatic N) is 2. The van der Waals surface area contributed by atoms with Gasteiger partial charge in [0.2, 0.25) is 0 Å². The number of ether oxygens (including phenoxy) is 1. The standard InChI is InChI=1S/C15H19N3OS/c1-11-4-2-6-13(18-11)14-9-17-15(20-14)10-16-8-12-5-3-7-19-12/h2,4,6,9,12,16H,3,5,7-8,10H2,1H3. The van der Waals surface area contributed by atoms with E-state index in [9.17, 15) is 0 Å². The van der Waals surface area contributed by atoms with Crippen LogP contribution in [0.15, 0.2) is 24.4 Å². The van der Waals surface area contributed by atoms with Crippen LogP contribution >= 0.6 is 11.3 Å². The number of hydrogen-bond donors (Lipinski definition) is 1. The summed E-state index contributed by atoms with van der Waals surface area (Å²) >= 11 is 1.70. The normalized spacial score (nSPS) is 18.6. The van der Waals surface area contributed by atoms with E-state index >= 15 is 0 Å². The van der Waals surface area contributed by atoms with Crippen molar-refractivity contribution in [2.45, 2.75) is 32.4 Å². The maximum atomic E-state index is 5.59. The first-order valence-corrected chi connectivity index (χ1v) is 7.84. The Bertz CT molecular complexity index is 564. The maximum Gasteiger partial charge on any atom is 0.107 e. The Morgan fingerprint density at radius 3 is 3.20 bits per heavy atom. The molecule has 0 radical (unpaired) electrons. The predicted octanol–water partition coefficient (Wildman–Crippen LogP) is 2.78. The lowest BCUT2D eigenvalue weighted by Crippen LogP contribution is -2.25. The lowest BCUT2D eigenvalue weighted by Gasteiger charge is -2.09. The van der Waals surface area contributed by atoms with Gasteiger partial charge in [0.1, 0.15) is 5.01 Å². The second-order valence-electron chi connectivity index (χ2n) is 5.05. The van der Waals surface area contributed by atoms with Crippen molar-refractivity contribution in [2.24, 2.45) is 0 Å². The smallest absolute Gasteiger partial charge is 0.107 e. The van der Waals surface area contributed by atoms with Crippen molar-refractivity contribution < 1.29 is 4.74 Å². The van der Waals surface area contributed by atoms with E-state index in [1.807, 2.05) is 31.3 Å². The number of aryl methyl sites for hydroxylation is 1. The minimum absolute atomic E-state index is 0.382. The van der Waals surface area contributed by atoms with Crippen molar-refractivity contribution in [1.82, 2.24) is 15.3 Å². The molecule has 0 aromatic carbocycles. The first-order valence-electron chi connectivity index (χ1n) is 7.02. The number of pyridine rings is 1. The van der Waals surface area contributed by atoms with E-state index in [2.05, 4.69) is 15.3 Å². The minimum Gasteiger partial charge on any atom is -0.377 e. The molecule has 20 heavy (non-hydrogen) atoms. The van der Waals surface area contributed by atoms with E-state index in [1.54, 1.807) is 11.3 Å². The molecule has 1 aliphatic rings. The van der Waals surface area contributed by atoms with E-state index in [0.717, 1.165) is 41.0 Å². The molecule has 4 nitrogen and oxygen atoms in total. The van der Waals surface area contributed by atoms with Gasteiger partial charge in [0.05, 0.1) is 16.7 Å². The summed E-state index contributed by atoms with van der Waals surface area (Å²) in [6, 6.07) is 6.07. The second kappa shape index (κ2) is 6.43.